The number of carbonyl (C=O) groups is 2. The van der Waals surface area contributed by atoms with Crippen LogP contribution in [0, 0.1) is 5.92 Å². The molecule has 3 aliphatic rings. The van der Waals surface area contributed by atoms with E-state index in [4.69, 9.17) is 14.2 Å². The van der Waals surface area contributed by atoms with Gasteiger partial charge in [-0.1, -0.05) is 129 Å². The number of unbranched alkanes of at least 4 members (excludes halogenated alkanes) is 18. The number of carbonyl (C=O) groups excluding carboxylic acids is 2. The number of ether oxygens (including phenoxy) is 3. The molecule has 37 heavy (non-hydrogen) atoms. The Labute approximate surface area is 228 Å². The fourth-order valence-corrected chi connectivity index (χ4v) is 5.92. The molecule has 3 unspecified atom stereocenters. The molecule has 0 aromatic carbocycles. The maximum atomic E-state index is 12.9. The van der Waals surface area contributed by atoms with Crippen LogP contribution in [0.2, 0.25) is 0 Å². The maximum Gasteiger partial charge on any atom is 0.339 e. The quantitative estimate of drug-likeness (QED) is 0.0935. The van der Waals surface area contributed by atoms with Crippen molar-refractivity contribution in [2.24, 2.45) is 5.92 Å². The van der Waals surface area contributed by atoms with Gasteiger partial charge in [-0.3, -0.25) is 4.79 Å². The van der Waals surface area contributed by atoms with Gasteiger partial charge in [-0.05, 0) is 25.7 Å². The first-order chi connectivity index (χ1) is 18.1. The van der Waals surface area contributed by atoms with Crippen molar-refractivity contribution >= 4 is 11.9 Å². The summed E-state index contributed by atoms with van der Waals surface area (Å²) in [6.07, 6.45) is 27.1. The van der Waals surface area contributed by atoms with Crippen molar-refractivity contribution in [1.29, 1.82) is 0 Å². The summed E-state index contributed by atoms with van der Waals surface area (Å²) in [5.74, 6) is -1.13. The highest BCUT2D eigenvalue weighted by atomic mass is 16.6. The van der Waals surface area contributed by atoms with Crippen molar-refractivity contribution in [3.63, 3.8) is 0 Å². The molecule has 2 heterocycles. The van der Waals surface area contributed by atoms with Crippen LogP contribution >= 0.6 is 0 Å². The van der Waals surface area contributed by atoms with Crippen molar-refractivity contribution in [2.45, 2.75) is 173 Å². The molecular weight excluding hydrogens is 464 g/mol. The first kappa shape index (κ1) is 32.1. The second kappa shape index (κ2) is 19.9. The molecule has 0 aromatic heterocycles. The van der Waals surface area contributed by atoms with Crippen molar-refractivity contribution < 1.29 is 23.8 Å². The number of fused-ring (bicyclic) bond motifs is 2. The molecule has 216 valence electrons. The van der Waals surface area contributed by atoms with E-state index < -0.39 is 11.5 Å². The van der Waals surface area contributed by atoms with E-state index in [1.165, 1.54) is 103 Å². The lowest BCUT2D eigenvalue weighted by molar-refractivity contribution is -0.268. The van der Waals surface area contributed by atoms with Crippen LogP contribution in [0.4, 0.5) is 0 Å². The standard InChI is InChI=1S/C32H58O5/c1-3-5-7-9-11-13-15-17-19-21-25-35-30(33)29-24-23-28-27-32(29,37-28)31(34)36-26-22-20-18-16-14-12-10-8-6-4-2/h28-29H,3-27H2,1-2H3. The first-order valence-electron chi connectivity index (χ1n) is 16.2. The molecule has 2 aliphatic heterocycles. The topological polar surface area (TPSA) is 61.8 Å². The maximum absolute atomic E-state index is 12.9. The molecule has 0 aromatic rings. The van der Waals surface area contributed by atoms with Crippen LogP contribution in [0.1, 0.15) is 162 Å². The summed E-state index contributed by atoms with van der Waals surface area (Å²) in [5.41, 5.74) is -1.09. The summed E-state index contributed by atoms with van der Waals surface area (Å²) in [6, 6.07) is 0. The smallest absolute Gasteiger partial charge is 0.339 e. The van der Waals surface area contributed by atoms with Crippen molar-refractivity contribution in [3.8, 4) is 0 Å². The molecule has 3 atom stereocenters. The third kappa shape index (κ3) is 12.1. The molecule has 3 rings (SSSR count). The van der Waals surface area contributed by atoms with Crippen LogP contribution in [0.15, 0.2) is 0 Å². The van der Waals surface area contributed by atoms with Crippen LogP contribution in [0.5, 0.6) is 0 Å². The van der Waals surface area contributed by atoms with Crippen molar-refractivity contribution in [2.75, 3.05) is 13.2 Å². The zero-order valence-electron chi connectivity index (χ0n) is 24.4. The van der Waals surface area contributed by atoms with Gasteiger partial charge in [-0.15, -0.1) is 0 Å². The predicted octanol–water partition coefficient (Wildman–Crippen LogP) is 8.85. The summed E-state index contributed by atoms with van der Waals surface area (Å²) in [4.78, 5) is 25.8. The molecule has 5 heteroatoms. The summed E-state index contributed by atoms with van der Waals surface area (Å²) in [7, 11) is 0. The molecule has 1 saturated carbocycles. The highest BCUT2D eigenvalue weighted by molar-refractivity contribution is 5.89. The third-order valence-electron chi connectivity index (χ3n) is 8.35. The first-order valence-corrected chi connectivity index (χ1v) is 16.2. The second-order valence-corrected chi connectivity index (χ2v) is 11.6. The van der Waals surface area contributed by atoms with E-state index in [9.17, 15) is 9.59 Å². The molecule has 0 amide bonds. The van der Waals surface area contributed by atoms with Crippen LogP contribution in [-0.2, 0) is 23.8 Å². The number of rotatable bonds is 24. The van der Waals surface area contributed by atoms with Gasteiger partial charge in [0.25, 0.3) is 0 Å². The third-order valence-corrected chi connectivity index (χ3v) is 8.35. The summed E-state index contributed by atoms with van der Waals surface area (Å²) < 4.78 is 17.2. The lowest BCUT2D eigenvalue weighted by Crippen LogP contribution is -2.66. The Morgan fingerprint density at radius 2 is 1.03 bits per heavy atom. The Morgan fingerprint density at radius 1 is 0.622 bits per heavy atom. The van der Waals surface area contributed by atoms with E-state index >= 15 is 0 Å². The van der Waals surface area contributed by atoms with Gasteiger partial charge in [-0.25, -0.2) is 4.79 Å². The Bertz CT molecular complexity index is 598. The van der Waals surface area contributed by atoms with Gasteiger partial charge in [0.05, 0.1) is 25.2 Å². The monoisotopic (exact) mass is 522 g/mol. The van der Waals surface area contributed by atoms with E-state index in [0.717, 1.165) is 32.1 Å². The largest absolute Gasteiger partial charge is 0.465 e. The minimum atomic E-state index is -1.09. The SMILES string of the molecule is CCCCCCCCCCCCOC(=O)C1CCC2CC1(C(=O)OCCCCCCCCCCCC)O2. The highest BCUT2D eigenvalue weighted by Crippen LogP contribution is 2.49. The summed E-state index contributed by atoms with van der Waals surface area (Å²) in [5, 5.41) is 0. The van der Waals surface area contributed by atoms with Gasteiger partial charge in [0.1, 0.15) is 0 Å². The van der Waals surface area contributed by atoms with Gasteiger partial charge >= 0.3 is 11.9 Å². The molecule has 0 N–H and O–H groups in total. The van der Waals surface area contributed by atoms with E-state index in [-0.39, 0.29) is 18.0 Å². The molecule has 1 aliphatic carbocycles. The molecule has 5 nitrogen and oxygen atoms in total. The average molecular weight is 523 g/mol. The summed E-state index contributed by atoms with van der Waals surface area (Å²) in [6.45, 7) is 5.37. The van der Waals surface area contributed by atoms with Gasteiger partial charge in [-0.2, -0.15) is 0 Å². The highest BCUT2D eigenvalue weighted by Gasteiger charge is 2.63. The Balaban J connectivity index is 1.53. The summed E-state index contributed by atoms with van der Waals surface area (Å²) >= 11 is 0. The Kier molecular flexibility index (Phi) is 17.3. The molecule has 3 fully saturated rings. The van der Waals surface area contributed by atoms with Crippen LogP contribution < -0.4 is 0 Å². The number of esters is 2. The predicted molar refractivity (Wildman–Crippen MR) is 151 cm³/mol. The van der Waals surface area contributed by atoms with E-state index in [1.807, 2.05) is 0 Å². The minimum Gasteiger partial charge on any atom is -0.465 e. The van der Waals surface area contributed by atoms with E-state index in [2.05, 4.69) is 13.8 Å². The lowest BCUT2D eigenvalue weighted by atomic mass is 9.69. The second-order valence-electron chi connectivity index (χ2n) is 11.6. The van der Waals surface area contributed by atoms with E-state index in [1.54, 1.807) is 0 Å². The molecule has 0 spiro atoms. The van der Waals surface area contributed by atoms with Crippen molar-refractivity contribution in [1.82, 2.24) is 0 Å². The number of hydrogen-bond donors (Lipinski definition) is 0. The molecule has 0 radical (unpaired) electrons. The molecule has 2 saturated heterocycles. The zero-order chi connectivity index (χ0) is 26.6. The normalized spacial score (nSPS) is 22.4. The van der Waals surface area contributed by atoms with Crippen LogP contribution in [0.25, 0.3) is 0 Å². The van der Waals surface area contributed by atoms with Gasteiger partial charge in [0, 0.05) is 6.42 Å². The van der Waals surface area contributed by atoms with Crippen LogP contribution in [0.3, 0.4) is 0 Å². The zero-order valence-corrected chi connectivity index (χ0v) is 24.4. The molecular formula is C32H58O5. The van der Waals surface area contributed by atoms with Gasteiger partial charge in [0.15, 0.2) is 5.60 Å². The fraction of sp³-hybridized carbons (Fsp3) is 0.938. The Morgan fingerprint density at radius 3 is 1.49 bits per heavy atom. The Hall–Kier alpha value is -1.10. The minimum absolute atomic E-state index is 0.0934. The lowest BCUT2D eigenvalue weighted by Gasteiger charge is -2.53. The van der Waals surface area contributed by atoms with Crippen LogP contribution in [-0.4, -0.2) is 36.9 Å². The molecule has 2 bridgehead atoms. The van der Waals surface area contributed by atoms with E-state index in [0.29, 0.717) is 26.1 Å². The van der Waals surface area contributed by atoms with Crippen molar-refractivity contribution in [3.05, 3.63) is 0 Å². The fourth-order valence-electron chi connectivity index (χ4n) is 5.92. The average Bonchev–Trinajstić information content (AvgIpc) is 2.89. The van der Waals surface area contributed by atoms with Gasteiger partial charge < -0.3 is 14.2 Å². The number of hydrogen-bond acceptors (Lipinski definition) is 5. The van der Waals surface area contributed by atoms with Gasteiger partial charge in [0.2, 0.25) is 0 Å².